The second-order valence-electron chi connectivity index (χ2n) is 5.68. The van der Waals surface area contributed by atoms with E-state index in [0.29, 0.717) is 24.2 Å². The van der Waals surface area contributed by atoms with E-state index in [1.54, 1.807) is 17.9 Å². The van der Waals surface area contributed by atoms with Crippen molar-refractivity contribution in [2.45, 2.75) is 18.7 Å². The molecule has 6 heteroatoms. The zero-order valence-corrected chi connectivity index (χ0v) is 15.2. The first-order chi connectivity index (χ1) is 11.8. The molecule has 5 nitrogen and oxygen atoms in total. The van der Waals surface area contributed by atoms with Crippen molar-refractivity contribution in [2.24, 2.45) is 5.14 Å². The van der Waals surface area contributed by atoms with E-state index in [0.717, 1.165) is 5.56 Å². The molecule has 0 atom stereocenters. The van der Waals surface area contributed by atoms with Gasteiger partial charge in [0.05, 0.1) is 4.90 Å². The first kappa shape index (κ1) is 18.9. The zero-order chi connectivity index (χ0) is 18.4. The van der Waals surface area contributed by atoms with Gasteiger partial charge in [-0.15, -0.1) is 0 Å². The Labute approximate surface area is 148 Å². The maximum absolute atomic E-state index is 12.8. The average molecular weight is 358 g/mol. The summed E-state index contributed by atoms with van der Waals surface area (Å²) in [5, 5.41) is 5.17. The van der Waals surface area contributed by atoms with Crippen molar-refractivity contribution in [1.82, 2.24) is 4.90 Å². The SMILES string of the molecule is CCN(CC=Cc1ccccc1)C(=O)c1cc(S(N)(=O)=O)ccc1C. The molecule has 0 saturated carbocycles. The van der Waals surface area contributed by atoms with Gasteiger partial charge in [-0.3, -0.25) is 4.79 Å². The Hall–Kier alpha value is -2.44. The van der Waals surface area contributed by atoms with Crippen LogP contribution in [0.4, 0.5) is 0 Å². The summed E-state index contributed by atoms with van der Waals surface area (Å²) in [6, 6.07) is 14.2. The third-order valence-electron chi connectivity index (χ3n) is 3.87. The Morgan fingerprint density at radius 2 is 1.84 bits per heavy atom. The highest BCUT2D eigenvalue weighted by molar-refractivity contribution is 7.89. The second-order valence-corrected chi connectivity index (χ2v) is 7.24. The van der Waals surface area contributed by atoms with Crippen LogP contribution in [0.1, 0.15) is 28.4 Å². The van der Waals surface area contributed by atoms with Gasteiger partial charge in [-0.1, -0.05) is 48.6 Å². The zero-order valence-electron chi connectivity index (χ0n) is 14.3. The monoisotopic (exact) mass is 358 g/mol. The van der Waals surface area contributed by atoms with Crippen LogP contribution in [0.2, 0.25) is 0 Å². The van der Waals surface area contributed by atoms with Crippen LogP contribution in [0.5, 0.6) is 0 Å². The maximum atomic E-state index is 12.8. The number of amides is 1. The number of hydrogen-bond donors (Lipinski definition) is 1. The van der Waals surface area contributed by atoms with Gasteiger partial charge in [-0.2, -0.15) is 0 Å². The number of carbonyl (C=O) groups is 1. The molecule has 0 unspecified atom stereocenters. The van der Waals surface area contributed by atoms with E-state index in [1.165, 1.54) is 12.1 Å². The van der Waals surface area contributed by atoms with E-state index >= 15 is 0 Å². The number of nitrogens with two attached hydrogens (primary N) is 1. The largest absolute Gasteiger partial charge is 0.335 e. The van der Waals surface area contributed by atoms with Crippen LogP contribution >= 0.6 is 0 Å². The number of benzene rings is 2. The van der Waals surface area contributed by atoms with Gasteiger partial charge >= 0.3 is 0 Å². The Bertz CT molecular complexity index is 875. The van der Waals surface area contributed by atoms with E-state index in [9.17, 15) is 13.2 Å². The lowest BCUT2D eigenvalue weighted by Gasteiger charge is -2.20. The number of primary sulfonamides is 1. The number of likely N-dealkylation sites (N-methyl/N-ethyl adjacent to an activating group) is 1. The Morgan fingerprint density at radius 3 is 2.44 bits per heavy atom. The van der Waals surface area contributed by atoms with E-state index in [4.69, 9.17) is 5.14 Å². The quantitative estimate of drug-likeness (QED) is 0.862. The molecule has 0 saturated heterocycles. The van der Waals surface area contributed by atoms with E-state index in [2.05, 4.69) is 0 Å². The molecule has 0 aliphatic carbocycles. The summed E-state index contributed by atoms with van der Waals surface area (Å²) in [7, 11) is -3.85. The van der Waals surface area contributed by atoms with Crippen LogP contribution in [0.25, 0.3) is 6.08 Å². The minimum atomic E-state index is -3.85. The summed E-state index contributed by atoms with van der Waals surface area (Å²) in [6.07, 6.45) is 3.86. The van der Waals surface area contributed by atoms with Crippen LogP contribution in [-0.2, 0) is 10.0 Å². The highest BCUT2D eigenvalue weighted by Gasteiger charge is 2.18. The molecular weight excluding hydrogens is 336 g/mol. The minimum Gasteiger partial charge on any atom is -0.335 e. The first-order valence-corrected chi connectivity index (χ1v) is 9.52. The van der Waals surface area contributed by atoms with Crippen molar-refractivity contribution >= 4 is 22.0 Å². The van der Waals surface area contributed by atoms with Crippen LogP contribution in [0.3, 0.4) is 0 Å². The molecule has 0 radical (unpaired) electrons. The molecule has 2 aromatic carbocycles. The fourth-order valence-electron chi connectivity index (χ4n) is 2.41. The van der Waals surface area contributed by atoms with Crippen molar-refractivity contribution in [3.63, 3.8) is 0 Å². The van der Waals surface area contributed by atoms with Crippen molar-refractivity contribution in [3.8, 4) is 0 Å². The number of aryl methyl sites for hydroxylation is 1. The van der Waals surface area contributed by atoms with Gasteiger partial charge in [0.1, 0.15) is 0 Å². The molecule has 0 spiro atoms. The Kier molecular flexibility index (Phi) is 6.12. The third-order valence-corrected chi connectivity index (χ3v) is 4.78. The molecule has 2 N–H and O–H groups in total. The number of carbonyl (C=O) groups excluding carboxylic acids is 1. The third kappa shape index (κ3) is 5.01. The number of sulfonamides is 1. The average Bonchev–Trinajstić information content (AvgIpc) is 2.58. The van der Waals surface area contributed by atoms with Gasteiger partial charge in [0.25, 0.3) is 5.91 Å². The summed E-state index contributed by atoms with van der Waals surface area (Å²) >= 11 is 0. The Morgan fingerprint density at radius 1 is 1.16 bits per heavy atom. The standard InChI is InChI=1S/C19H22N2O3S/c1-3-21(13-7-10-16-8-5-4-6-9-16)19(22)18-14-17(25(20,23)24)12-11-15(18)2/h4-12,14H,3,13H2,1-2H3,(H2,20,23,24). The predicted molar refractivity (Wildman–Crippen MR) is 99.6 cm³/mol. The summed E-state index contributed by atoms with van der Waals surface area (Å²) in [6.45, 7) is 4.60. The number of hydrogen-bond acceptors (Lipinski definition) is 3. The van der Waals surface area contributed by atoms with Crippen molar-refractivity contribution < 1.29 is 13.2 Å². The molecule has 1 amide bonds. The molecule has 0 aromatic heterocycles. The summed E-state index contributed by atoms with van der Waals surface area (Å²) in [5.41, 5.74) is 2.11. The molecule has 132 valence electrons. The van der Waals surface area contributed by atoms with Crippen LogP contribution in [-0.4, -0.2) is 32.3 Å². The minimum absolute atomic E-state index is 0.0580. The Balaban J connectivity index is 2.21. The summed E-state index contributed by atoms with van der Waals surface area (Å²) < 4.78 is 23.1. The van der Waals surface area contributed by atoms with Gasteiger partial charge < -0.3 is 4.90 Å². The van der Waals surface area contributed by atoms with E-state index in [1.807, 2.05) is 49.4 Å². The van der Waals surface area contributed by atoms with Gasteiger partial charge in [0.2, 0.25) is 10.0 Å². The van der Waals surface area contributed by atoms with E-state index < -0.39 is 10.0 Å². The van der Waals surface area contributed by atoms with Crippen molar-refractivity contribution in [3.05, 3.63) is 71.3 Å². The van der Waals surface area contributed by atoms with Crippen LogP contribution in [0.15, 0.2) is 59.5 Å². The molecule has 0 aliphatic heterocycles. The van der Waals surface area contributed by atoms with Crippen LogP contribution in [0, 0.1) is 6.92 Å². The van der Waals surface area contributed by atoms with E-state index in [-0.39, 0.29) is 10.8 Å². The van der Waals surface area contributed by atoms with Crippen molar-refractivity contribution in [2.75, 3.05) is 13.1 Å². The maximum Gasteiger partial charge on any atom is 0.254 e. The van der Waals surface area contributed by atoms with Gasteiger partial charge in [-0.25, -0.2) is 13.6 Å². The molecule has 2 rings (SSSR count). The molecule has 0 aliphatic rings. The summed E-state index contributed by atoms with van der Waals surface area (Å²) in [5.74, 6) is -0.219. The lowest BCUT2D eigenvalue weighted by molar-refractivity contribution is 0.0781. The highest BCUT2D eigenvalue weighted by atomic mass is 32.2. The van der Waals surface area contributed by atoms with Crippen LogP contribution < -0.4 is 5.14 Å². The lowest BCUT2D eigenvalue weighted by atomic mass is 10.1. The molecule has 0 heterocycles. The normalized spacial score (nSPS) is 11.6. The summed E-state index contributed by atoms with van der Waals surface area (Å²) in [4.78, 5) is 14.4. The number of nitrogens with zero attached hydrogens (tertiary/aromatic N) is 1. The van der Waals surface area contributed by atoms with Gasteiger partial charge in [-0.05, 0) is 37.1 Å². The molecular formula is C19H22N2O3S. The fourth-order valence-corrected chi connectivity index (χ4v) is 2.95. The molecule has 0 fully saturated rings. The predicted octanol–water partition coefficient (Wildman–Crippen LogP) is 2.82. The van der Waals surface area contributed by atoms with Gasteiger partial charge in [0, 0.05) is 18.7 Å². The molecule has 2 aromatic rings. The topological polar surface area (TPSA) is 80.5 Å². The van der Waals surface area contributed by atoms with Crippen molar-refractivity contribution in [1.29, 1.82) is 0 Å². The molecule has 25 heavy (non-hydrogen) atoms. The number of rotatable bonds is 6. The smallest absolute Gasteiger partial charge is 0.254 e. The fraction of sp³-hybridized carbons (Fsp3) is 0.211. The first-order valence-electron chi connectivity index (χ1n) is 7.97. The second kappa shape index (κ2) is 8.09. The van der Waals surface area contributed by atoms with Gasteiger partial charge in [0.15, 0.2) is 0 Å². The molecule has 0 bridgehead atoms. The highest BCUT2D eigenvalue weighted by Crippen LogP contribution is 2.17. The lowest BCUT2D eigenvalue weighted by Crippen LogP contribution is -2.31.